The van der Waals surface area contributed by atoms with Gasteiger partial charge in [-0.2, -0.15) is 5.10 Å². The van der Waals surface area contributed by atoms with Crippen molar-refractivity contribution in [1.29, 1.82) is 0 Å². The summed E-state index contributed by atoms with van der Waals surface area (Å²) in [5.41, 5.74) is 11.3. The van der Waals surface area contributed by atoms with Crippen LogP contribution in [0.15, 0.2) is 42.5 Å². The number of H-pyrrole nitrogens is 1. The summed E-state index contributed by atoms with van der Waals surface area (Å²) in [5.74, 6) is 0. The predicted octanol–water partition coefficient (Wildman–Crippen LogP) is 2.82. The number of piperazine rings is 1. The molecule has 3 aromatic rings. The molecular weight excluding hydrogens is 362 g/mol. The highest BCUT2D eigenvalue weighted by molar-refractivity contribution is 5.90. The summed E-state index contributed by atoms with van der Waals surface area (Å²) in [5, 5.41) is 17.5. The summed E-state index contributed by atoms with van der Waals surface area (Å²) in [6, 6.07) is 14.4. The van der Waals surface area contributed by atoms with Crippen LogP contribution in [0.3, 0.4) is 0 Å². The molecule has 1 aromatic heterocycles. The highest BCUT2D eigenvalue weighted by Gasteiger charge is 2.16. The molecule has 0 radical (unpaired) electrons. The number of benzene rings is 2. The normalized spacial score (nSPS) is 16.2. The van der Waals surface area contributed by atoms with E-state index in [1.165, 1.54) is 5.56 Å². The molecule has 0 bridgehead atoms. The lowest BCUT2D eigenvalue weighted by molar-refractivity contribution is 0.120. The van der Waals surface area contributed by atoms with Gasteiger partial charge < -0.3 is 15.7 Å². The van der Waals surface area contributed by atoms with Crippen LogP contribution in [-0.2, 0) is 6.54 Å². The molecule has 0 unspecified atom stereocenters. The molecule has 6 nitrogen and oxygen atoms in total. The van der Waals surface area contributed by atoms with Gasteiger partial charge >= 0.3 is 0 Å². The molecule has 0 amide bonds. The molecule has 2 heterocycles. The van der Waals surface area contributed by atoms with Crippen LogP contribution in [-0.4, -0.2) is 64.4 Å². The van der Waals surface area contributed by atoms with Crippen molar-refractivity contribution >= 4 is 28.7 Å². The Labute approximate surface area is 171 Å². The van der Waals surface area contributed by atoms with Crippen LogP contribution < -0.4 is 5.73 Å². The van der Waals surface area contributed by atoms with E-state index in [-0.39, 0.29) is 6.61 Å². The average Bonchev–Trinajstić information content (AvgIpc) is 3.16. The van der Waals surface area contributed by atoms with Crippen LogP contribution in [0, 0.1) is 0 Å². The minimum absolute atomic E-state index is 0.274. The van der Waals surface area contributed by atoms with Gasteiger partial charge in [0.1, 0.15) is 0 Å². The third kappa shape index (κ3) is 4.85. The maximum atomic E-state index is 8.97. The first-order valence-corrected chi connectivity index (χ1v) is 10.3. The molecule has 0 atom stereocenters. The van der Waals surface area contributed by atoms with E-state index in [1.807, 2.05) is 30.4 Å². The number of hydrogen-bond donors (Lipinski definition) is 3. The molecule has 6 heteroatoms. The molecule has 4 N–H and O–H groups in total. The SMILES string of the molecule is Nc1cc(CN2CCN(CCCO)CC2)ccc1/C=C/c1n[nH]c2ccccc12. The first-order chi connectivity index (χ1) is 14.2. The molecule has 152 valence electrons. The lowest BCUT2D eigenvalue weighted by Gasteiger charge is -2.34. The van der Waals surface area contributed by atoms with Crippen molar-refractivity contribution in [3.8, 4) is 0 Å². The first kappa shape index (κ1) is 19.6. The molecule has 0 saturated carbocycles. The van der Waals surface area contributed by atoms with Gasteiger partial charge in [-0.3, -0.25) is 10.00 Å². The lowest BCUT2D eigenvalue weighted by atomic mass is 10.1. The minimum atomic E-state index is 0.274. The van der Waals surface area contributed by atoms with Gasteiger partial charge in [0.15, 0.2) is 0 Å². The predicted molar refractivity (Wildman–Crippen MR) is 119 cm³/mol. The van der Waals surface area contributed by atoms with Gasteiger partial charge in [0, 0.05) is 56.9 Å². The summed E-state index contributed by atoms with van der Waals surface area (Å²) >= 11 is 0. The van der Waals surface area contributed by atoms with Crippen molar-refractivity contribution in [2.24, 2.45) is 0 Å². The molecule has 29 heavy (non-hydrogen) atoms. The number of nitrogens with two attached hydrogens (primary N) is 1. The molecule has 1 aliphatic rings. The highest BCUT2D eigenvalue weighted by atomic mass is 16.3. The standard InChI is InChI=1S/C23H29N5O/c24-21-16-18(17-28-13-11-27(12-14-28)10-3-15-29)6-7-19(21)8-9-23-20-4-1-2-5-22(20)25-26-23/h1-2,4-9,16,29H,3,10-15,17,24H2,(H,25,26)/b9-8+. The molecule has 0 spiro atoms. The zero-order chi connectivity index (χ0) is 20.1. The molecule has 2 aromatic carbocycles. The second-order valence-corrected chi connectivity index (χ2v) is 7.65. The van der Waals surface area contributed by atoms with Crippen LogP contribution >= 0.6 is 0 Å². The number of para-hydroxylation sites is 1. The summed E-state index contributed by atoms with van der Waals surface area (Å²) < 4.78 is 0. The lowest BCUT2D eigenvalue weighted by Crippen LogP contribution is -2.46. The van der Waals surface area contributed by atoms with Crippen molar-refractivity contribution in [2.45, 2.75) is 13.0 Å². The van der Waals surface area contributed by atoms with E-state index in [9.17, 15) is 0 Å². The van der Waals surface area contributed by atoms with Crippen LogP contribution in [0.4, 0.5) is 5.69 Å². The van der Waals surface area contributed by atoms with Crippen LogP contribution in [0.5, 0.6) is 0 Å². The van der Waals surface area contributed by atoms with Gasteiger partial charge in [-0.25, -0.2) is 0 Å². The Balaban J connectivity index is 1.37. The molecular formula is C23H29N5O. The van der Waals surface area contributed by atoms with Gasteiger partial charge in [0.05, 0.1) is 11.2 Å². The van der Waals surface area contributed by atoms with E-state index < -0.39 is 0 Å². The van der Waals surface area contributed by atoms with E-state index in [1.54, 1.807) is 0 Å². The number of aromatic nitrogens is 2. The number of aliphatic hydroxyl groups excluding tert-OH is 1. The number of anilines is 1. The number of aliphatic hydroxyl groups is 1. The minimum Gasteiger partial charge on any atom is -0.398 e. The number of nitrogens with zero attached hydrogens (tertiary/aromatic N) is 3. The van der Waals surface area contributed by atoms with E-state index in [4.69, 9.17) is 10.8 Å². The zero-order valence-electron chi connectivity index (χ0n) is 16.7. The Morgan fingerprint density at radius 1 is 1.03 bits per heavy atom. The van der Waals surface area contributed by atoms with Gasteiger partial charge in [0.2, 0.25) is 0 Å². The Kier molecular flexibility index (Phi) is 6.24. The fourth-order valence-electron chi connectivity index (χ4n) is 3.88. The summed E-state index contributed by atoms with van der Waals surface area (Å²) in [6.45, 7) is 6.42. The number of hydrogen-bond acceptors (Lipinski definition) is 5. The number of nitrogen functional groups attached to an aromatic ring is 1. The number of rotatable bonds is 7. The molecule has 4 rings (SSSR count). The van der Waals surface area contributed by atoms with Crippen LogP contribution in [0.25, 0.3) is 23.1 Å². The van der Waals surface area contributed by atoms with Gasteiger partial charge in [-0.1, -0.05) is 36.4 Å². The van der Waals surface area contributed by atoms with Crippen molar-refractivity contribution in [3.05, 3.63) is 59.3 Å². The maximum absolute atomic E-state index is 8.97. The summed E-state index contributed by atoms with van der Waals surface area (Å²) in [7, 11) is 0. The summed E-state index contributed by atoms with van der Waals surface area (Å²) in [4.78, 5) is 4.89. The Morgan fingerprint density at radius 3 is 2.62 bits per heavy atom. The van der Waals surface area contributed by atoms with E-state index in [2.05, 4.69) is 44.3 Å². The molecule has 0 aliphatic carbocycles. The van der Waals surface area contributed by atoms with Crippen molar-refractivity contribution in [2.75, 3.05) is 45.1 Å². The third-order valence-corrected chi connectivity index (χ3v) is 5.58. The Bertz CT molecular complexity index is 972. The number of nitrogens with one attached hydrogen (secondary N) is 1. The monoisotopic (exact) mass is 391 g/mol. The second-order valence-electron chi connectivity index (χ2n) is 7.65. The van der Waals surface area contributed by atoms with Gasteiger partial charge in [0.25, 0.3) is 0 Å². The van der Waals surface area contributed by atoms with Crippen molar-refractivity contribution in [3.63, 3.8) is 0 Å². The maximum Gasteiger partial charge on any atom is 0.0927 e. The molecule has 1 fully saturated rings. The van der Waals surface area contributed by atoms with Crippen molar-refractivity contribution < 1.29 is 5.11 Å². The number of fused-ring (bicyclic) bond motifs is 1. The molecule has 1 aliphatic heterocycles. The Hall–Kier alpha value is -2.67. The quantitative estimate of drug-likeness (QED) is 0.540. The Morgan fingerprint density at radius 2 is 1.83 bits per heavy atom. The zero-order valence-corrected chi connectivity index (χ0v) is 16.7. The van der Waals surface area contributed by atoms with E-state index in [0.29, 0.717) is 0 Å². The van der Waals surface area contributed by atoms with Crippen molar-refractivity contribution in [1.82, 2.24) is 20.0 Å². The largest absolute Gasteiger partial charge is 0.398 e. The smallest absolute Gasteiger partial charge is 0.0927 e. The first-order valence-electron chi connectivity index (χ1n) is 10.3. The fraction of sp³-hybridized carbons (Fsp3) is 0.348. The van der Waals surface area contributed by atoms with E-state index in [0.717, 1.165) is 73.5 Å². The number of aromatic amines is 1. The van der Waals surface area contributed by atoms with Crippen LogP contribution in [0.1, 0.15) is 23.2 Å². The topological polar surface area (TPSA) is 81.4 Å². The molecule has 1 saturated heterocycles. The van der Waals surface area contributed by atoms with Gasteiger partial charge in [-0.15, -0.1) is 0 Å². The summed E-state index contributed by atoms with van der Waals surface area (Å²) in [6.07, 6.45) is 4.90. The average molecular weight is 392 g/mol. The van der Waals surface area contributed by atoms with E-state index >= 15 is 0 Å². The fourth-order valence-corrected chi connectivity index (χ4v) is 3.88. The van der Waals surface area contributed by atoms with Crippen LogP contribution in [0.2, 0.25) is 0 Å². The highest BCUT2D eigenvalue weighted by Crippen LogP contribution is 2.21. The second kappa shape index (κ2) is 9.22. The van der Waals surface area contributed by atoms with Gasteiger partial charge in [-0.05, 0) is 35.8 Å². The third-order valence-electron chi connectivity index (χ3n) is 5.58.